The molecular weight excluding hydrogens is 322 g/mol. The fraction of sp³-hybridized carbons (Fsp3) is 0.389. The molecular formula is C18H21N3O4. The van der Waals surface area contributed by atoms with Crippen LogP contribution >= 0.6 is 0 Å². The monoisotopic (exact) mass is 343 g/mol. The molecule has 1 atom stereocenters. The number of carbonyl (C=O) groups excluding carboxylic acids is 2. The Kier molecular flexibility index (Phi) is 6.01. The first-order valence-electron chi connectivity index (χ1n) is 8.11. The van der Waals surface area contributed by atoms with Crippen LogP contribution in [0, 0.1) is 18.3 Å². The number of furan rings is 1. The zero-order valence-corrected chi connectivity index (χ0v) is 14.5. The van der Waals surface area contributed by atoms with Crippen molar-refractivity contribution in [1.82, 2.24) is 9.88 Å². The van der Waals surface area contributed by atoms with Crippen LogP contribution in [-0.2, 0) is 9.53 Å². The van der Waals surface area contributed by atoms with E-state index in [0.29, 0.717) is 0 Å². The van der Waals surface area contributed by atoms with Gasteiger partial charge in [-0.25, -0.2) is 4.79 Å². The predicted molar refractivity (Wildman–Crippen MR) is 90.3 cm³/mol. The Morgan fingerprint density at radius 3 is 2.68 bits per heavy atom. The third kappa shape index (κ3) is 4.29. The second-order valence-corrected chi connectivity index (χ2v) is 5.75. The molecule has 0 fully saturated rings. The zero-order valence-electron chi connectivity index (χ0n) is 14.5. The number of carbonyl (C=O) groups is 2. The van der Waals surface area contributed by atoms with Crippen molar-refractivity contribution in [2.24, 2.45) is 0 Å². The number of aromatic nitrogens is 1. The molecule has 0 saturated carbocycles. The molecule has 0 aliphatic heterocycles. The first-order chi connectivity index (χ1) is 12.0. The van der Waals surface area contributed by atoms with Crippen LogP contribution in [-0.4, -0.2) is 29.1 Å². The Bertz CT molecular complexity index is 784. The van der Waals surface area contributed by atoms with Crippen molar-refractivity contribution in [3.8, 4) is 12.0 Å². The largest absolute Gasteiger partial charge is 0.452 e. The van der Waals surface area contributed by atoms with Gasteiger partial charge < -0.3 is 14.5 Å². The van der Waals surface area contributed by atoms with E-state index in [-0.39, 0.29) is 34.7 Å². The van der Waals surface area contributed by atoms with Crippen molar-refractivity contribution in [2.75, 3.05) is 6.61 Å². The van der Waals surface area contributed by atoms with Crippen LogP contribution in [0.3, 0.4) is 0 Å². The highest BCUT2D eigenvalue weighted by molar-refractivity contribution is 5.95. The van der Waals surface area contributed by atoms with E-state index in [1.807, 2.05) is 19.9 Å². The van der Waals surface area contributed by atoms with E-state index in [1.54, 1.807) is 36.0 Å². The van der Waals surface area contributed by atoms with Crippen LogP contribution in [0.25, 0.3) is 5.88 Å². The van der Waals surface area contributed by atoms with Crippen LogP contribution in [0.1, 0.15) is 48.4 Å². The summed E-state index contributed by atoms with van der Waals surface area (Å²) in [5, 5.41) is 12.2. The topological polar surface area (TPSA) is 97.3 Å². The van der Waals surface area contributed by atoms with Gasteiger partial charge in [-0.2, -0.15) is 5.26 Å². The number of hydrogen-bond acceptors (Lipinski definition) is 5. The predicted octanol–water partition coefficient (Wildman–Crippen LogP) is 2.71. The van der Waals surface area contributed by atoms with Crippen LogP contribution < -0.4 is 5.32 Å². The fourth-order valence-corrected chi connectivity index (χ4v) is 2.56. The lowest BCUT2D eigenvalue weighted by Gasteiger charge is -2.12. The summed E-state index contributed by atoms with van der Waals surface area (Å²) in [6.07, 6.45) is 5.20. The molecule has 7 nitrogen and oxygen atoms in total. The van der Waals surface area contributed by atoms with Gasteiger partial charge in [-0.05, 0) is 32.4 Å². The first kappa shape index (κ1) is 18.3. The van der Waals surface area contributed by atoms with Crippen molar-refractivity contribution in [3.63, 3.8) is 0 Å². The smallest absolute Gasteiger partial charge is 0.343 e. The molecule has 0 aliphatic carbocycles. The lowest BCUT2D eigenvalue weighted by atomic mass is 10.1. The van der Waals surface area contributed by atoms with Crippen molar-refractivity contribution in [3.05, 3.63) is 41.4 Å². The lowest BCUT2D eigenvalue weighted by molar-refractivity contribution is -0.124. The summed E-state index contributed by atoms with van der Waals surface area (Å²) in [4.78, 5) is 24.1. The van der Waals surface area contributed by atoms with Crippen LogP contribution in [0.2, 0.25) is 0 Å². The van der Waals surface area contributed by atoms with E-state index >= 15 is 0 Å². The second-order valence-electron chi connectivity index (χ2n) is 5.75. The highest BCUT2D eigenvalue weighted by atomic mass is 16.5. The molecule has 1 amide bonds. The third-order valence-electron chi connectivity index (χ3n) is 3.68. The molecule has 0 spiro atoms. The second kappa shape index (κ2) is 8.20. The summed E-state index contributed by atoms with van der Waals surface area (Å²) in [5.74, 6) is -0.614. The number of aryl methyl sites for hydroxylation is 1. The van der Waals surface area contributed by atoms with Gasteiger partial charge in [0.15, 0.2) is 6.61 Å². The maximum absolute atomic E-state index is 12.3. The van der Waals surface area contributed by atoms with E-state index in [2.05, 4.69) is 5.32 Å². The lowest BCUT2D eigenvalue weighted by Crippen LogP contribution is -2.35. The third-order valence-corrected chi connectivity index (χ3v) is 3.68. The van der Waals surface area contributed by atoms with Gasteiger partial charge in [0.1, 0.15) is 23.0 Å². The van der Waals surface area contributed by atoms with E-state index in [0.717, 1.165) is 12.8 Å². The quantitative estimate of drug-likeness (QED) is 0.780. The van der Waals surface area contributed by atoms with Gasteiger partial charge in [-0.1, -0.05) is 13.3 Å². The molecule has 0 radical (unpaired) electrons. The molecule has 1 N–H and O–H groups in total. The highest BCUT2D eigenvalue weighted by Crippen LogP contribution is 2.26. The first-order valence-corrected chi connectivity index (χ1v) is 8.11. The number of rotatable bonds is 7. The molecule has 132 valence electrons. The average Bonchev–Trinajstić information content (AvgIpc) is 3.19. The minimum Gasteiger partial charge on any atom is -0.452 e. The molecule has 2 aromatic heterocycles. The summed E-state index contributed by atoms with van der Waals surface area (Å²) in [5.41, 5.74) is 0.124. The summed E-state index contributed by atoms with van der Waals surface area (Å²) < 4.78 is 12.2. The maximum atomic E-state index is 12.3. The minimum absolute atomic E-state index is 0.0156. The van der Waals surface area contributed by atoms with E-state index in [9.17, 15) is 14.9 Å². The van der Waals surface area contributed by atoms with E-state index in [4.69, 9.17) is 9.15 Å². The Hall–Kier alpha value is -3.01. The van der Waals surface area contributed by atoms with Crippen LogP contribution in [0.4, 0.5) is 0 Å². The van der Waals surface area contributed by atoms with Crippen molar-refractivity contribution >= 4 is 11.9 Å². The molecule has 0 aromatic carbocycles. The molecule has 2 rings (SSSR count). The molecule has 2 heterocycles. The summed E-state index contributed by atoms with van der Waals surface area (Å²) in [6, 6.07) is 5.54. The van der Waals surface area contributed by atoms with Gasteiger partial charge in [0.05, 0.1) is 0 Å². The van der Waals surface area contributed by atoms with Gasteiger partial charge in [0.2, 0.25) is 5.88 Å². The normalized spacial score (nSPS) is 11.6. The molecule has 7 heteroatoms. The number of nitriles is 1. The number of nitrogens with one attached hydrogen (secondary N) is 1. The molecule has 0 bridgehead atoms. The fourth-order valence-electron chi connectivity index (χ4n) is 2.56. The number of amides is 1. The highest BCUT2D eigenvalue weighted by Gasteiger charge is 2.26. The summed E-state index contributed by atoms with van der Waals surface area (Å²) >= 11 is 0. The molecule has 0 saturated heterocycles. The van der Waals surface area contributed by atoms with Crippen LogP contribution in [0.15, 0.2) is 28.9 Å². The Morgan fingerprint density at radius 2 is 2.08 bits per heavy atom. The number of hydrogen-bond donors (Lipinski definition) is 1. The minimum atomic E-state index is -0.755. The number of ether oxygens (including phenoxy) is 1. The zero-order chi connectivity index (χ0) is 18.4. The average molecular weight is 343 g/mol. The molecule has 0 aliphatic rings. The van der Waals surface area contributed by atoms with Gasteiger partial charge in [-0.3, -0.25) is 9.36 Å². The van der Waals surface area contributed by atoms with Gasteiger partial charge in [-0.15, -0.1) is 0 Å². The van der Waals surface area contributed by atoms with Crippen molar-refractivity contribution < 1.29 is 18.7 Å². The molecule has 2 aromatic rings. The molecule has 25 heavy (non-hydrogen) atoms. The Labute approximate surface area is 146 Å². The van der Waals surface area contributed by atoms with Crippen LogP contribution in [0.5, 0.6) is 0 Å². The van der Waals surface area contributed by atoms with Gasteiger partial charge >= 0.3 is 5.97 Å². The van der Waals surface area contributed by atoms with E-state index in [1.165, 1.54) is 0 Å². The van der Waals surface area contributed by atoms with E-state index < -0.39 is 12.6 Å². The summed E-state index contributed by atoms with van der Waals surface area (Å²) in [6.45, 7) is 5.09. The Balaban J connectivity index is 2.10. The van der Waals surface area contributed by atoms with Gasteiger partial charge in [0.25, 0.3) is 5.91 Å². The number of nitrogens with zero attached hydrogens (tertiary/aromatic N) is 2. The van der Waals surface area contributed by atoms with Crippen molar-refractivity contribution in [1.29, 1.82) is 5.26 Å². The molecule has 1 unspecified atom stereocenters. The SMILES string of the molecule is CCCC(C)NC(=O)COC(=O)c1c(C)oc(-n2cccc2)c1C#N. The van der Waals surface area contributed by atoms with Crippen molar-refractivity contribution in [2.45, 2.75) is 39.7 Å². The number of esters is 1. The maximum Gasteiger partial charge on any atom is 0.343 e. The standard InChI is InChI=1S/C18H21N3O4/c1-4-7-12(2)20-15(22)11-24-18(23)16-13(3)25-17(14(16)10-19)21-8-5-6-9-21/h5-6,8-9,12H,4,7,11H2,1-3H3,(H,20,22). The Morgan fingerprint density at radius 1 is 1.40 bits per heavy atom. The van der Waals surface area contributed by atoms with Gasteiger partial charge in [0, 0.05) is 18.4 Å². The summed E-state index contributed by atoms with van der Waals surface area (Å²) in [7, 11) is 0.